The van der Waals surface area contributed by atoms with E-state index in [1.807, 2.05) is 36.4 Å². The lowest BCUT2D eigenvalue weighted by atomic mass is 9.73. The van der Waals surface area contributed by atoms with Crippen LogP contribution in [0.1, 0.15) is 64.9 Å². The molecule has 1 aromatic rings. The molecular weight excluding hydrogens is 554 g/mol. The molecule has 4 fully saturated rings. The minimum absolute atomic E-state index is 0.0690. The van der Waals surface area contributed by atoms with Crippen LogP contribution in [-0.4, -0.2) is 103 Å². The predicted molar refractivity (Wildman–Crippen MR) is 171 cm³/mol. The number of nitrogens with one attached hydrogen (secondary N) is 2. The molecule has 1 spiro atoms. The molecular formula is C35H51N5O4. The second kappa shape index (κ2) is 12.6. The van der Waals surface area contributed by atoms with Crippen molar-refractivity contribution in [1.82, 2.24) is 20.0 Å². The van der Waals surface area contributed by atoms with Crippen LogP contribution in [0.4, 0.5) is 5.69 Å². The molecule has 5 aliphatic rings. The Morgan fingerprint density at radius 2 is 1.75 bits per heavy atom. The number of likely N-dealkylation sites (tertiary alicyclic amines) is 1. The highest BCUT2D eigenvalue weighted by Crippen LogP contribution is 2.55. The maximum atomic E-state index is 14.3. The van der Waals surface area contributed by atoms with E-state index in [0.29, 0.717) is 30.0 Å². The molecule has 2 N–H and O–H groups in total. The van der Waals surface area contributed by atoms with Gasteiger partial charge in [0.05, 0.1) is 17.9 Å². The number of anilines is 1. The summed E-state index contributed by atoms with van der Waals surface area (Å²) < 4.78 is 6.57. The molecule has 4 aliphatic heterocycles. The van der Waals surface area contributed by atoms with E-state index in [4.69, 9.17) is 4.74 Å². The molecule has 0 aromatic heterocycles. The van der Waals surface area contributed by atoms with Gasteiger partial charge >= 0.3 is 0 Å². The summed E-state index contributed by atoms with van der Waals surface area (Å²) in [6.07, 6.45) is 7.25. The topological polar surface area (TPSA) is 94.2 Å². The van der Waals surface area contributed by atoms with Crippen molar-refractivity contribution in [3.63, 3.8) is 0 Å². The summed E-state index contributed by atoms with van der Waals surface area (Å²) >= 11 is 0. The van der Waals surface area contributed by atoms with Crippen molar-refractivity contribution in [1.29, 1.82) is 0 Å². The second-order valence-electron chi connectivity index (χ2n) is 14.4. The number of fused-ring (bicyclic) bond motifs is 1. The molecule has 2 bridgehead atoms. The summed E-state index contributed by atoms with van der Waals surface area (Å²) in [5.41, 5.74) is 0.762. The van der Waals surface area contributed by atoms with Crippen LogP contribution in [-0.2, 0) is 19.1 Å². The van der Waals surface area contributed by atoms with E-state index in [9.17, 15) is 14.4 Å². The summed E-state index contributed by atoms with van der Waals surface area (Å²) in [5, 5.41) is 6.42. The maximum Gasteiger partial charge on any atom is 0.246 e. The molecule has 4 heterocycles. The van der Waals surface area contributed by atoms with Gasteiger partial charge < -0.3 is 30.1 Å². The molecule has 6 rings (SSSR count). The first-order chi connectivity index (χ1) is 21.1. The van der Waals surface area contributed by atoms with Gasteiger partial charge in [0.15, 0.2) is 0 Å². The minimum atomic E-state index is -1.13. The van der Waals surface area contributed by atoms with E-state index in [1.165, 1.54) is 12.0 Å². The number of rotatable bonds is 9. The van der Waals surface area contributed by atoms with E-state index in [-0.39, 0.29) is 23.8 Å². The first-order valence-corrected chi connectivity index (χ1v) is 16.9. The zero-order valence-electron chi connectivity index (χ0n) is 27.1. The van der Waals surface area contributed by atoms with Crippen LogP contribution in [0.15, 0.2) is 36.4 Å². The molecule has 8 atom stereocenters. The molecule has 9 heteroatoms. The fraction of sp³-hybridized carbons (Fsp3) is 0.686. The Bertz CT molecular complexity index is 1260. The molecule has 0 unspecified atom stereocenters. The van der Waals surface area contributed by atoms with Crippen LogP contribution < -0.4 is 10.6 Å². The lowest BCUT2D eigenvalue weighted by molar-refractivity contribution is -0.141. The number of nitrogens with zero attached hydrogens (tertiary/aromatic N) is 3. The number of hydrogen-bond donors (Lipinski definition) is 2. The zero-order chi connectivity index (χ0) is 31.2. The van der Waals surface area contributed by atoms with Gasteiger partial charge in [0.2, 0.25) is 17.7 Å². The number of carbonyl (C=O) groups is 3. The Kier molecular flexibility index (Phi) is 8.92. The number of hydrogen-bond acceptors (Lipinski definition) is 6. The Hall–Kier alpha value is -2.75. The van der Waals surface area contributed by atoms with Gasteiger partial charge in [-0.25, -0.2) is 0 Å². The van der Waals surface area contributed by atoms with Crippen molar-refractivity contribution in [2.24, 2.45) is 23.7 Å². The van der Waals surface area contributed by atoms with Crippen molar-refractivity contribution in [3.8, 4) is 0 Å². The SMILES string of the molecule is CC(C)c1ccc(NC(=O)[C@@H]2[C@@H]3C=C[C@]4(O3)[C@@H]2C(=O)N(CCCN2CCN(C)CC2)[C@H]4C(=O)N[C@@H]2CCC[C@H](C)[C@H]2C)cc1. The van der Waals surface area contributed by atoms with Gasteiger partial charge in [-0.15, -0.1) is 0 Å². The smallest absolute Gasteiger partial charge is 0.246 e. The van der Waals surface area contributed by atoms with Crippen molar-refractivity contribution in [3.05, 3.63) is 42.0 Å². The van der Waals surface area contributed by atoms with Crippen molar-refractivity contribution in [2.45, 2.75) is 83.1 Å². The molecule has 9 nitrogen and oxygen atoms in total. The third-order valence-corrected chi connectivity index (χ3v) is 11.3. The standard InChI is InChI=1S/C35H51N5O4/c1-22(2)25-10-12-26(13-11-25)36-32(41)29-28-14-15-35(44-28)30(29)34(43)40(17-7-16-39-20-18-38(5)19-21-39)31(35)33(42)37-27-9-6-8-23(3)24(27)4/h10-15,22-24,27-31H,6-9,16-21H2,1-5H3,(H,36,41)(H,37,42)/t23-,24+,27+,28-,29+,30-,31-,35-/m0/s1. The second-order valence-corrected chi connectivity index (χ2v) is 14.4. The first-order valence-electron chi connectivity index (χ1n) is 16.9. The average Bonchev–Trinajstić information content (AvgIpc) is 3.64. The minimum Gasteiger partial charge on any atom is -0.359 e. The van der Waals surface area contributed by atoms with Crippen molar-refractivity contribution < 1.29 is 19.1 Å². The molecule has 1 saturated carbocycles. The molecule has 3 amide bonds. The lowest BCUT2D eigenvalue weighted by Gasteiger charge is -2.38. The molecule has 3 saturated heterocycles. The van der Waals surface area contributed by atoms with Gasteiger partial charge in [-0.1, -0.05) is 64.8 Å². The lowest BCUT2D eigenvalue weighted by Crippen LogP contribution is -2.58. The largest absolute Gasteiger partial charge is 0.359 e. The van der Waals surface area contributed by atoms with E-state index in [1.54, 1.807) is 4.90 Å². The van der Waals surface area contributed by atoms with Crippen LogP contribution in [0.25, 0.3) is 0 Å². The summed E-state index contributed by atoms with van der Waals surface area (Å²) in [4.78, 5) is 48.9. The Labute approximate surface area is 262 Å². The summed E-state index contributed by atoms with van der Waals surface area (Å²) in [5.74, 6) is -0.655. The van der Waals surface area contributed by atoms with E-state index in [0.717, 1.165) is 52.0 Å². The summed E-state index contributed by atoms with van der Waals surface area (Å²) in [7, 11) is 2.14. The fourth-order valence-electron chi connectivity index (χ4n) is 8.27. The highest BCUT2D eigenvalue weighted by atomic mass is 16.5. The Morgan fingerprint density at radius 1 is 1.02 bits per heavy atom. The summed E-state index contributed by atoms with van der Waals surface area (Å²) in [6.45, 7) is 14.2. The number of ether oxygens (including phenoxy) is 1. The number of amides is 3. The van der Waals surface area contributed by atoms with Crippen LogP contribution in [0, 0.1) is 23.7 Å². The van der Waals surface area contributed by atoms with Crippen molar-refractivity contribution >= 4 is 23.4 Å². The molecule has 0 radical (unpaired) electrons. The third kappa shape index (κ3) is 5.71. The zero-order valence-corrected chi connectivity index (χ0v) is 27.1. The van der Waals surface area contributed by atoms with Gasteiger partial charge in [0.25, 0.3) is 0 Å². The number of carbonyl (C=O) groups excluding carboxylic acids is 3. The Morgan fingerprint density at radius 3 is 2.45 bits per heavy atom. The molecule has 44 heavy (non-hydrogen) atoms. The monoisotopic (exact) mass is 605 g/mol. The van der Waals surface area contributed by atoms with Gasteiger partial charge in [-0.2, -0.15) is 0 Å². The normalized spacial score (nSPS) is 35.4. The third-order valence-electron chi connectivity index (χ3n) is 11.3. The van der Waals surface area contributed by atoms with Gasteiger partial charge in [0.1, 0.15) is 11.6 Å². The van der Waals surface area contributed by atoms with Crippen LogP contribution >= 0.6 is 0 Å². The molecule has 240 valence electrons. The van der Waals surface area contributed by atoms with Gasteiger partial charge in [0, 0.05) is 44.5 Å². The van der Waals surface area contributed by atoms with E-state index in [2.05, 4.69) is 55.2 Å². The highest BCUT2D eigenvalue weighted by molar-refractivity contribution is 6.02. The summed E-state index contributed by atoms with van der Waals surface area (Å²) in [6, 6.07) is 7.15. The van der Waals surface area contributed by atoms with Crippen LogP contribution in [0.5, 0.6) is 0 Å². The number of piperazine rings is 1. The van der Waals surface area contributed by atoms with E-state index >= 15 is 0 Å². The number of likely N-dealkylation sites (N-methyl/N-ethyl adjacent to an activating group) is 1. The fourth-order valence-corrected chi connectivity index (χ4v) is 8.27. The molecule has 1 aromatic carbocycles. The first kappa shape index (κ1) is 31.2. The van der Waals surface area contributed by atoms with Gasteiger partial charge in [-0.3, -0.25) is 14.4 Å². The highest BCUT2D eigenvalue weighted by Gasteiger charge is 2.72. The number of benzene rings is 1. The average molecular weight is 606 g/mol. The quantitative estimate of drug-likeness (QED) is 0.419. The Balaban J connectivity index is 1.23. The molecule has 1 aliphatic carbocycles. The van der Waals surface area contributed by atoms with E-state index < -0.39 is 29.6 Å². The van der Waals surface area contributed by atoms with Crippen LogP contribution in [0.2, 0.25) is 0 Å². The van der Waals surface area contributed by atoms with Crippen molar-refractivity contribution in [2.75, 3.05) is 51.6 Å². The van der Waals surface area contributed by atoms with Crippen LogP contribution in [0.3, 0.4) is 0 Å². The predicted octanol–water partition coefficient (Wildman–Crippen LogP) is 3.48. The maximum absolute atomic E-state index is 14.3. The van der Waals surface area contributed by atoms with Gasteiger partial charge in [-0.05, 0) is 61.9 Å².